The van der Waals surface area contributed by atoms with E-state index in [4.69, 9.17) is 16.9 Å². The van der Waals surface area contributed by atoms with E-state index in [2.05, 4.69) is 0 Å². The first-order valence-corrected chi connectivity index (χ1v) is 7.84. The lowest BCUT2D eigenvalue weighted by molar-refractivity contribution is 0.475. The lowest BCUT2D eigenvalue weighted by Crippen LogP contribution is -2.14. The van der Waals surface area contributed by atoms with Gasteiger partial charge in [0.15, 0.2) is 0 Å². The number of phenolic OH excluding ortho intramolecular Hbond substituents is 1. The highest BCUT2D eigenvalue weighted by Gasteiger charge is 2.13. The number of phenols is 1. The van der Waals surface area contributed by atoms with Gasteiger partial charge in [0.2, 0.25) is 0 Å². The smallest absolute Gasteiger partial charge is 0.126 e. The zero-order valence-corrected chi connectivity index (χ0v) is 13.8. The molecule has 0 atom stereocenters. The predicted molar refractivity (Wildman–Crippen MR) is 98.1 cm³/mol. The second kappa shape index (κ2) is 6.84. The number of halogens is 2. The molecule has 0 radical (unpaired) electrons. The zero-order valence-electron chi connectivity index (χ0n) is 13.8. The molecule has 26 heavy (non-hydrogen) atoms. The fourth-order valence-electron chi connectivity index (χ4n) is 2.88. The minimum Gasteiger partial charge on any atom is -0.508 e. The number of hydrogen-bond acceptors (Lipinski definition) is 3. The maximum Gasteiger partial charge on any atom is 0.126 e. The van der Waals surface area contributed by atoms with Crippen molar-refractivity contribution in [2.45, 2.75) is 6.42 Å². The highest BCUT2D eigenvalue weighted by atomic mass is 19.1. The summed E-state index contributed by atoms with van der Waals surface area (Å²) in [6, 6.07) is 13.2. The van der Waals surface area contributed by atoms with Crippen LogP contribution in [0.5, 0.6) is 5.75 Å². The summed E-state index contributed by atoms with van der Waals surface area (Å²) < 4.78 is 27.1. The van der Waals surface area contributed by atoms with Crippen LogP contribution < -0.4 is 11.5 Å². The van der Waals surface area contributed by atoms with E-state index in [-0.39, 0.29) is 18.0 Å². The van der Waals surface area contributed by atoms with E-state index in [1.54, 1.807) is 24.3 Å². The molecule has 6 heteroatoms. The van der Waals surface area contributed by atoms with Gasteiger partial charge in [0.1, 0.15) is 23.2 Å². The van der Waals surface area contributed by atoms with Gasteiger partial charge in [-0.05, 0) is 65.1 Å². The predicted octanol–water partition coefficient (Wildman–Crippen LogP) is 3.79. The Bertz CT molecular complexity index is 965. The molecule has 0 saturated carbocycles. The van der Waals surface area contributed by atoms with Crippen molar-refractivity contribution in [2.75, 3.05) is 5.73 Å². The molecule has 6 N–H and O–H groups in total. The topological polar surface area (TPSA) is 96.1 Å². The van der Waals surface area contributed by atoms with Crippen molar-refractivity contribution in [3.05, 3.63) is 82.9 Å². The second-order valence-electron chi connectivity index (χ2n) is 6.01. The number of hydrogen-bond donors (Lipinski definition) is 4. The second-order valence-corrected chi connectivity index (χ2v) is 6.01. The molecule has 0 aliphatic rings. The molecule has 0 spiro atoms. The van der Waals surface area contributed by atoms with Gasteiger partial charge in [-0.25, -0.2) is 8.78 Å². The van der Waals surface area contributed by atoms with E-state index in [9.17, 15) is 13.9 Å². The standard InChI is InChI=1S/C20H17F2N3O/c21-14-6-11(7-15(22)9-14)5-13-8-18(20(24)25)19(23)10-17(13)12-1-3-16(26)4-2-12/h1-4,6-10,26H,5,23H2,(H3,24,25). The quantitative estimate of drug-likeness (QED) is 0.326. The van der Waals surface area contributed by atoms with Crippen LogP contribution in [0.3, 0.4) is 0 Å². The summed E-state index contributed by atoms with van der Waals surface area (Å²) in [5.74, 6) is -1.39. The first-order chi connectivity index (χ1) is 12.3. The number of aromatic hydroxyl groups is 1. The number of anilines is 1. The van der Waals surface area contributed by atoms with Crippen molar-refractivity contribution in [1.29, 1.82) is 5.41 Å². The molecule has 0 saturated heterocycles. The molecule has 0 aliphatic carbocycles. The molecular weight excluding hydrogens is 336 g/mol. The maximum absolute atomic E-state index is 13.5. The number of nitrogens with two attached hydrogens (primary N) is 2. The van der Waals surface area contributed by atoms with E-state index < -0.39 is 11.6 Å². The van der Waals surface area contributed by atoms with E-state index in [0.717, 1.165) is 17.2 Å². The summed E-state index contributed by atoms with van der Waals surface area (Å²) >= 11 is 0. The van der Waals surface area contributed by atoms with Crippen LogP contribution in [-0.4, -0.2) is 10.9 Å². The summed E-state index contributed by atoms with van der Waals surface area (Å²) in [6.07, 6.45) is 0.228. The molecule has 0 aromatic heterocycles. The summed E-state index contributed by atoms with van der Waals surface area (Å²) in [5.41, 5.74) is 14.9. The molecule has 0 amide bonds. The van der Waals surface area contributed by atoms with E-state index >= 15 is 0 Å². The molecule has 3 aromatic carbocycles. The van der Waals surface area contributed by atoms with Crippen LogP contribution in [0.4, 0.5) is 14.5 Å². The first-order valence-electron chi connectivity index (χ1n) is 7.84. The van der Waals surface area contributed by atoms with Gasteiger partial charge in [-0.1, -0.05) is 12.1 Å². The Morgan fingerprint density at radius 1 is 0.962 bits per heavy atom. The van der Waals surface area contributed by atoms with Gasteiger partial charge in [0, 0.05) is 17.3 Å². The maximum atomic E-state index is 13.5. The minimum absolute atomic E-state index is 0.121. The summed E-state index contributed by atoms with van der Waals surface area (Å²) in [5, 5.41) is 17.2. The number of benzene rings is 3. The molecule has 0 unspecified atom stereocenters. The van der Waals surface area contributed by atoms with Gasteiger partial charge < -0.3 is 16.6 Å². The highest BCUT2D eigenvalue weighted by Crippen LogP contribution is 2.31. The van der Waals surface area contributed by atoms with E-state index in [1.807, 2.05) is 0 Å². The van der Waals surface area contributed by atoms with Gasteiger partial charge in [-0.2, -0.15) is 0 Å². The van der Waals surface area contributed by atoms with E-state index in [0.29, 0.717) is 22.4 Å². The van der Waals surface area contributed by atoms with Crippen LogP contribution in [0.15, 0.2) is 54.6 Å². The van der Waals surface area contributed by atoms with Crippen LogP contribution >= 0.6 is 0 Å². The SMILES string of the molecule is N=C(N)c1cc(Cc2cc(F)cc(F)c2)c(-c2ccc(O)cc2)cc1N. The third kappa shape index (κ3) is 3.64. The number of amidine groups is 1. The lowest BCUT2D eigenvalue weighted by atomic mass is 9.92. The Balaban J connectivity index is 2.15. The van der Waals surface area contributed by atoms with Crippen LogP contribution in [-0.2, 0) is 6.42 Å². The van der Waals surface area contributed by atoms with Crippen molar-refractivity contribution in [2.24, 2.45) is 5.73 Å². The molecule has 4 nitrogen and oxygen atoms in total. The number of nitrogen functional groups attached to an aromatic ring is 2. The average molecular weight is 353 g/mol. The fourth-order valence-corrected chi connectivity index (χ4v) is 2.88. The monoisotopic (exact) mass is 353 g/mol. The third-order valence-electron chi connectivity index (χ3n) is 4.06. The molecule has 3 rings (SSSR count). The van der Waals surface area contributed by atoms with Crippen molar-refractivity contribution in [1.82, 2.24) is 0 Å². The Morgan fingerprint density at radius 3 is 2.15 bits per heavy atom. The highest BCUT2D eigenvalue weighted by molar-refractivity contribution is 6.01. The third-order valence-corrected chi connectivity index (χ3v) is 4.06. The molecule has 3 aromatic rings. The van der Waals surface area contributed by atoms with Crippen molar-refractivity contribution in [3.63, 3.8) is 0 Å². The lowest BCUT2D eigenvalue weighted by Gasteiger charge is -2.15. The van der Waals surface area contributed by atoms with Crippen LogP contribution in [0.1, 0.15) is 16.7 Å². The molecule has 0 fully saturated rings. The van der Waals surface area contributed by atoms with E-state index in [1.165, 1.54) is 24.3 Å². The van der Waals surface area contributed by atoms with Gasteiger partial charge in [-0.3, -0.25) is 5.41 Å². The van der Waals surface area contributed by atoms with Crippen LogP contribution in [0.25, 0.3) is 11.1 Å². The summed E-state index contributed by atoms with van der Waals surface area (Å²) in [7, 11) is 0. The largest absolute Gasteiger partial charge is 0.508 e. The fraction of sp³-hybridized carbons (Fsp3) is 0.0500. The first kappa shape index (κ1) is 17.4. The van der Waals surface area contributed by atoms with Crippen molar-refractivity contribution >= 4 is 11.5 Å². The van der Waals surface area contributed by atoms with Gasteiger partial charge in [-0.15, -0.1) is 0 Å². The van der Waals surface area contributed by atoms with Gasteiger partial charge >= 0.3 is 0 Å². The Kier molecular flexibility index (Phi) is 4.58. The zero-order chi connectivity index (χ0) is 18.8. The van der Waals surface area contributed by atoms with Crippen molar-refractivity contribution in [3.8, 4) is 16.9 Å². The van der Waals surface area contributed by atoms with Crippen LogP contribution in [0.2, 0.25) is 0 Å². The summed E-state index contributed by atoms with van der Waals surface area (Å²) in [4.78, 5) is 0. The average Bonchev–Trinajstić information content (AvgIpc) is 2.56. The molecule has 0 heterocycles. The normalized spacial score (nSPS) is 10.7. The summed E-state index contributed by atoms with van der Waals surface area (Å²) in [6.45, 7) is 0. The molecule has 0 bridgehead atoms. The number of rotatable bonds is 4. The number of nitrogens with one attached hydrogen (secondary N) is 1. The Hall–Kier alpha value is -3.41. The van der Waals surface area contributed by atoms with Gasteiger partial charge in [0.25, 0.3) is 0 Å². The molecule has 0 aliphatic heterocycles. The van der Waals surface area contributed by atoms with Crippen molar-refractivity contribution < 1.29 is 13.9 Å². The van der Waals surface area contributed by atoms with Crippen LogP contribution in [0, 0.1) is 17.0 Å². The Labute approximate surface area is 149 Å². The minimum atomic E-state index is -0.659. The molecular formula is C20H17F2N3O. The van der Waals surface area contributed by atoms with Gasteiger partial charge in [0.05, 0.1) is 0 Å². The molecule has 132 valence electrons. The Morgan fingerprint density at radius 2 is 1.58 bits per heavy atom.